The second-order valence-electron chi connectivity index (χ2n) is 5.84. The van der Waals surface area contributed by atoms with E-state index in [0.29, 0.717) is 24.7 Å². The molecule has 1 aliphatic rings. The zero-order chi connectivity index (χ0) is 13.7. The lowest BCUT2D eigenvalue weighted by atomic mass is 9.80. The number of nitriles is 1. The van der Waals surface area contributed by atoms with Gasteiger partial charge in [-0.2, -0.15) is 10.2 Å². The molecular formula is C15H23N3O. The van der Waals surface area contributed by atoms with Crippen LogP contribution in [0.2, 0.25) is 0 Å². The minimum absolute atomic E-state index is 0.286. The van der Waals surface area contributed by atoms with Crippen molar-refractivity contribution in [3.05, 3.63) is 11.7 Å². The van der Waals surface area contributed by atoms with Crippen LogP contribution in [-0.2, 0) is 6.42 Å². The van der Waals surface area contributed by atoms with Gasteiger partial charge in [-0.25, -0.2) is 0 Å². The maximum Gasteiger partial charge on any atom is 0.226 e. The molecule has 0 amide bonds. The Balaban J connectivity index is 1.89. The first-order valence-electron chi connectivity index (χ1n) is 7.42. The van der Waals surface area contributed by atoms with Crippen molar-refractivity contribution in [1.29, 1.82) is 5.26 Å². The molecule has 0 spiro atoms. The fraction of sp³-hybridized carbons (Fsp3) is 0.800. The van der Waals surface area contributed by atoms with Crippen molar-refractivity contribution in [3.8, 4) is 6.07 Å². The molecule has 104 valence electrons. The highest BCUT2D eigenvalue weighted by Crippen LogP contribution is 2.35. The Morgan fingerprint density at radius 3 is 2.74 bits per heavy atom. The predicted octanol–water partition coefficient (Wildman–Crippen LogP) is 3.85. The largest absolute Gasteiger partial charge is 0.339 e. The van der Waals surface area contributed by atoms with Crippen molar-refractivity contribution in [3.63, 3.8) is 0 Å². The van der Waals surface area contributed by atoms with Crippen molar-refractivity contribution in [2.75, 3.05) is 0 Å². The molecular weight excluding hydrogens is 238 g/mol. The lowest BCUT2D eigenvalue weighted by Gasteiger charge is -2.25. The van der Waals surface area contributed by atoms with E-state index in [1.807, 2.05) is 6.92 Å². The van der Waals surface area contributed by atoms with Crippen LogP contribution in [0.25, 0.3) is 0 Å². The number of hydrogen-bond donors (Lipinski definition) is 0. The molecule has 1 aromatic heterocycles. The number of rotatable bonds is 5. The van der Waals surface area contributed by atoms with Crippen molar-refractivity contribution in [2.24, 2.45) is 11.8 Å². The van der Waals surface area contributed by atoms with Gasteiger partial charge in [0, 0.05) is 18.8 Å². The molecule has 0 bridgehead atoms. The van der Waals surface area contributed by atoms with Crippen LogP contribution >= 0.6 is 0 Å². The van der Waals surface area contributed by atoms with Crippen molar-refractivity contribution >= 4 is 0 Å². The Hall–Kier alpha value is -1.37. The normalized spacial score (nSPS) is 24.9. The van der Waals surface area contributed by atoms with Crippen molar-refractivity contribution in [2.45, 2.75) is 64.7 Å². The van der Waals surface area contributed by atoms with Crippen LogP contribution in [0.3, 0.4) is 0 Å². The minimum Gasteiger partial charge on any atom is -0.339 e. The van der Waals surface area contributed by atoms with Gasteiger partial charge in [0.2, 0.25) is 5.89 Å². The molecule has 19 heavy (non-hydrogen) atoms. The SMILES string of the molecule is CCC1CCC(c2noc(CC(C)CC#N)n2)CC1. The summed E-state index contributed by atoms with van der Waals surface area (Å²) >= 11 is 0. The van der Waals surface area contributed by atoms with Gasteiger partial charge in [-0.3, -0.25) is 0 Å². The lowest BCUT2D eigenvalue weighted by Crippen LogP contribution is -2.13. The average Bonchev–Trinajstić information content (AvgIpc) is 2.87. The smallest absolute Gasteiger partial charge is 0.226 e. The van der Waals surface area contributed by atoms with Gasteiger partial charge in [-0.1, -0.05) is 25.4 Å². The molecule has 0 aliphatic heterocycles. The number of aromatic nitrogens is 2. The average molecular weight is 261 g/mol. The first-order valence-corrected chi connectivity index (χ1v) is 7.42. The second kappa shape index (κ2) is 6.70. The minimum atomic E-state index is 0.286. The lowest BCUT2D eigenvalue weighted by molar-refractivity contribution is 0.302. The zero-order valence-corrected chi connectivity index (χ0v) is 11.9. The highest BCUT2D eigenvalue weighted by Gasteiger charge is 2.25. The van der Waals surface area contributed by atoms with Gasteiger partial charge in [0.25, 0.3) is 0 Å². The molecule has 4 nitrogen and oxygen atoms in total. The van der Waals surface area contributed by atoms with E-state index in [1.54, 1.807) is 0 Å². The molecule has 0 N–H and O–H groups in total. The summed E-state index contributed by atoms with van der Waals surface area (Å²) in [6.45, 7) is 4.31. The van der Waals surface area contributed by atoms with Crippen molar-refractivity contribution in [1.82, 2.24) is 10.1 Å². The summed E-state index contributed by atoms with van der Waals surface area (Å²) in [5.74, 6) is 3.23. The number of nitrogens with zero attached hydrogens (tertiary/aromatic N) is 3. The van der Waals surface area contributed by atoms with Crippen LogP contribution in [0.1, 0.15) is 70.0 Å². The molecule has 1 unspecified atom stereocenters. The summed E-state index contributed by atoms with van der Waals surface area (Å²) < 4.78 is 5.32. The summed E-state index contributed by atoms with van der Waals surface area (Å²) in [6, 6.07) is 2.18. The molecule has 1 fully saturated rings. The predicted molar refractivity (Wildman–Crippen MR) is 72.4 cm³/mol. The summed E-state index contributed by atoms with van der Waals surface area (Å²) in [4.78, 5) is 4.52. The van der Waals surface area contributed by atoms with Crippen LogP contribution in [0.15, 0.2) is 4.52 Å². The van der Waals surface area contributed by atoms with E-state index in [0.717, 1.165) is 11.7 Å². The molecule has 1 saturated carbocycles. The first-order chi connectivity index (χ1) is 9.22. The van der Waals surface area contributed by atoms with E-state index < -0.39 is 0 Å². The molecule has 0 aromatic carbocycles. The molecule has 0 radical (unpaired) electrons. The molecule has 1 heterocycles. The van der Waals surface area contributed by atoms with E-state index in [2.05, 4.69) is 23.1 Å². The third-order valence-corrected chi connectivity index (χ3v) is 4.24. The third kappa shape index (κ3) is 3.79. The fourth-order valence-corrected chi connectivity index (χ4v) is 2.87. The van der Waals surface area contributed by atoms with Gasteiger partial charge in [-0.15, -0.1) is 0 Å². The van der Waals surface area contributed by atoms with Crippen LogP contribution < -0.4 is 0 Å². The van der Waals surface area contributed by atoms with Gasteiger partial charge in [-0.05, 0) is 37.5 Å². The Labute approximate surface area is 115 Å². The maximum absolute atomic E-state index is 8.66. The molecule has 1 atom stereocenters. The van der Waals surface area contributed by atoms with Gasteiger partial charge in [0.15, 0.2) is 5.82 Å². The van der Waals surface area contributed by atoms with Crippen molar-refractivity contribution < 1.29 is 4.52 Å². The molecule has 2 rings (SSSR count). The summed E-state index contributed by atoms with van der Waals surface area (Å²) in [5, 5.41) is 12.8. The Morgan fingerprint density at radius 2 is 2.11 bits per heavy atom. The quantitative estimate of drug-likeness (QED) is 0.807. The third-order valence-electron chi connectivity index (χ3n) is 4.24. The molecule has 0 saturated heterocycles. The highest BCUT2D eigenvalue weighted by molar-refractivity contribution is 4.98. The summed E-state index contributed by atoms with van der Waals surface area (Å²) in [5.41, 5.74) is 0. The molecule has 1 aromatic rings. The van der Waals surface area contributed by atoms with Crippen LogP contribution in [0.5, 0.6) is 0 Å². The standard InChI is InChI=1S/C15H23N3O/c1-3-12-4-6-13(7-5-12)15-17-14(19-18-15)10-11(2)8-9-16/h11-13H,3-8,10H2,1-2H3. The van der Waals surface area contributed by atoms with Crippen LogP contribution in [0.4, 0.5) is 0 Å². The van der Waals surface area contributed by atoms with Crippen LogP contribution in [-0.4, -0.2) is 10.1 Å². The van der Waals surface area contributed by atoms with E-state index in [-0.39, 0.29) is 5.92 Å². The zero-order valence-electron chi connectivity index (χ0n) is 11.9. The summed E-state index contributed by atoms with van der Waals surface area (Å²) in [6.07, 6.45) is 7.49. The Kier molecular flexibility index (Phi) is 4.95. The van der Waals surface area contributed by atoms with Gasteiger partial charge in [0.05, 0.1) is 6.07 Å². The number of hydrogen-bond acceptors (Lipinski definition) is 4. The van der Waals surface area contributed by atoms with Crippen LogP contribution in [0, 0.1) is 23.2 Å². The van der Waals surface area contributed by atoms with E-state index in [1.165, 1.54) is 32.1 Å². The fourth-order valence-electron chi connectivity index (χ4n) is 2.87. The van der Waals surface area contributed by atoms with E-state index in [9.17, 15) is 0 Å². The molecule has 1 aliphatic carbocycles. The second-order valence-corrected chi connectivity index (χ2v) is 5.84. The Morgan fingerprint density at radius 1 is 1.37 bits per heavy atom. The first kappa shape index (κ1) is 14.0. The summed E-state index contributed by atoms with van der Waals surface area (Å²) in [7, 11) is 0. The maximum atomic E-state index is 8.66. The van der Waals surface area contributed by atoms with Gasteiger partial charge < -0.3 is 4.52 Å². The van der Waals surface area contributed by atoms with E-state index in [4.69, 9.17) is 9.78 Å². The highest BCUT2D eigenvalue weighted by atomic mass is 16.5. The Bertz CT molecular complexity index is 427. The van der Waals surface area contributed by atoms with Gasteiger partial charge in [0.1, 0.15) is 0 Å². The topological polar surface area (TPSA) is 62.7 Å². The molecule has 4 heteroatoms. The monoisotopic (exact) mass is 261 g/mol. The van der Waals surface area contributed by atoms with Gasteiger partial charge >= 0.3 is 0 Å². The van der Waals surface area contributed by atoms with E-state index >= 15 is 0 Å².